The Bertz CT molecular complexity index is 114. The van der Waals surface area contributed by atoms with Crippen LogP contribution in [0.25, 0.3) is 0 Å². The van der Waals surface area contributed by atoms with E-state index in [1.54, 1.807) is 0 Å². The molecular formula is C8H21BaO4P. The third-order valence-corrected chi connectivity index (χ3v) is 0. The second-order valence-electron chi connectivity index (χ2n) is 3.51. The van der Waals surface area contributed by atoms with Crippen molar-refractivity contribution in [3.05, 3.63) is 11.8 Å². The molecule has 0 aliphatic carbocycles. The Labute approximate surface area is 128 Å². The van der Waals surface area contributed by atoms with Crippen LogP contribution in [0.4, 0.5) is 0 Å². The molecule has 0 saturated heterocycles. The predicted octanol–water partition coefficient (Wildman–Crippen LogP) is 1.93. The number of hydrogen-bond acceptors (Lipinski definition) is 1. The van der Waals surface area contributed by atoms with Crippen LogP contribution < -0.4 is 0 Å². The van der Waals surface area contributed by atoms with E-state index in [1.807, 2.05) is 0 Å². The first-order valence-electron chi connectivity index (χ1n) is 3.78. The minimum atomic E-state index is -4.64. The van der Waals surface area contributed by atoms with E-state index in [4.69, 9.17) is 19.2 Å². The molecule has 0 rings (SSSR count). The van der Waals surface area contributed by atoms with Gasteiger partial charge in [0.2, 0.25) is 0 Å². The largest absolute Gasteiger partial charge is 2.00 e. The summed E-state index contributed by atoms with van der Waals surface area (Å²) in [6, 6.07) is 0. The van der Waals surface area contributed by atoms with Crippen molar-refractivity contribution in [3.63, 3.8) is 0 Å². The van der Waals surface area contributed by atoms with Crippen LogP contribution >= 0.6 is 7.82 Å². The summed E-state index contributed by atoms with van der Waals surface area (Å²) >= 11 is 0. The fourth-order valence-electron chi connectivity index (χ4n) is 0. The van der Waals surface area contributed by atoms with Gasteiger partial charge in [0.1, 0.15) is 0 Å². The third kappa shape index (κ3) is 778. The summed E-state index contributed by atoms with van der Waals surface area (Å²) in [7, 11) is -4.64. The molecule has 0 heterocycles. The molecule has 3 N–H and O–H groups in total. The van der Waals surface area contributed by atoms with Gasteiger partial charge >= 0.3 is 56.7 Å². The molecule has 0 fully saturated rings. The van der Waals surface area contributed by atoms with Crippen LogP contribution in [0.15, 0.2) is 0 Å². The van der Waals surface area contributed by atoms with Gasteiger partial charge in [0.05, 0.1) is 0 Å². The van der Waals surface area contributed by atoms with E-state index in [2.05, 4.69) is 41.5 Å². The SMILES string of the molecule is C[C-](C)C.C[C-](C)C.O=P(O)(O)O.[Ba+2]. The van der Waals surface area contributed by atoms with Gasteiger partial charge in [0, 0.05) is 0 Å². The standard InChI is InChI=1S/2C4H9.Ba.H3O4P/c2*1-4(2)3;;1-5(2,3)4/h2*1-3H3;;(H3,1,2,3,4)/q2*-1;+2;. The van der Waals surface area contributed by atoms with Crippen molar-refractivity contribution in [2.45, 2.75) is 41.5 Å². The van der Waals surface area contributed by atoms with E-state index >= 15 is 0 Å². The molecule has 0 aliphatic rings. The summed E-state index contributed by atoms with van der Waals surface area (Å²) in [5.41, 5.74) is 0. The molecule has 0 amide bonds. The summed E-state index contributed by atoms with van der Waals surface area (Å²) in [6.45, 7) is 12.5. The van der Waals surface area contributed by atoms with Crippen LogP contribution in [-0.2, 0) is 4.57 Å². The van der Waals surface area contributed by atoms with Crippen molar-refractivity contribution in [1.29, 1.82) is 0 Å². The molecule has 0 atom stereocenters. The number of rotatable bonds is 0. The van der Waals surface area contributed by atoms with Crippen molar-refractivity contribution in [2.24, 2.45) is 0 Å². The zero-order valence-electron chi connectivity index (χ0n) is 9.90. The first-order chi connectivity index (χ1) is 5.46. The van der Waals surface area contributed by atoms with Gasteiger partial charge in [-0.2, -0.15) is 41.5 Å². The molecule has 6 heteroatoms. The topological polar surface area (TPSA) is 77.8 Å². The second kappa shape index (κ2) is 14.7. The van der Waals surface area contributed by atoms with Crippen molar-refractivity contribution >= 4 is 56.7 Å². The molecule has 0 radical (unpaired) electrons. The van der Waals surface area contributed by atoms with Crippen LogP contribution in [0.2, 0.25) is 0 Å². The molecule has 0 aliphatic heterocycles. The van der Waals surface area contributed by atoms with Crippen molar-refractivity contribution in [3.8, 4) is 0 Å². The van der Waals surface area contributed by atoms with Crippen molar-refractivity contribution < 1.29 is 19.2 Å². The van der Waals surface area contributed by atoms with Gasteiger partial charge in [0.15, 0.2) is 0 Å². The fraction of sp³-hybridized carbons (Fsp3) is 0.750. The van der Waals surface area contributed by atoms with Crippen molar-refractivity contribution in [2.75, 3.05) is 0 Å². The van der Waals surface area contributed by atoms with E-state index in [1.165, 1.54) is 11.8 Å². The maximum Gasteiger partial charge on any atom is 2.00 e. The summed E-state index contributed by atoms with van der Waals surface area (Å²) in [6.07, 6.45) is 0. The summed E-state index contributed by atoms with van der Waals surface area (Å²) in [5.74, 6) is 2.83. The van der Waals surface area contributed by atoms with Crippen LogP contribution in [0.3, 0.4) is 0 Å². The van der Waals surface area contributed by atoms with Crippen LogP contribution in [-0.4, -0.2) is 63.6 Å². The quantitative estimate of drug-likeness (QED) is 0.355. The minimum absolute atomic E-state index is 0. The summed E-state index contributed by atoms with van der Waals surface area (Å²) in [5, 5.41) is 0. The smallest absolute Gasteiger partial charge is 0.323 e. The monoisotopic (exact) mass is 350 g/mol. The first-order valence-corrected chi connectivity index (χ1v) is 5.35. The Kier molecular flexibility index (Phi) is 26.0. The van der Waals surface area contributed by atoms with Gasteiger partial charge in [-0.15, -0.1) is 0 Å². The Morgan fingerprint density at radius 1 is 0.786 bits per heavy atom. The van der Waals surface area contributed by atoms with Crippen LogP contribution in [0, 0.1) is 11.8 Å². The van der Waals surface area contributed by atoms with E-state index in [0.717, 1.165) is 0 Å². The van der Waals surface area contributed by atoms with Gasteiger partial charge in [0.25, 0.3) is 0 Å². The Balaban J connectivity index is -0.0000000522. The maximum absolute atomic E-state index is 8.88. The molecule has 0 saturated carbocycles. The zero-order chi connectivity index (χ0) is 11.7. The predicted molar refractivity (Wildman–Crippen MR) is 60.5 cm³/mol. The van der Waals surface area contributed by atoms with Gasteiger partial charge in [-0.1, -0.05) is 0 Å². The van der Waals surface area contributed by atoms with E-state index in [-0.39, 0.29) is 48.9 Å². The molecule has 0 aromatic carbocycles. The molecular weight excluding hydrogens is 328 g/mol. The minimum Gasteiger partial charge on any atom is -0.323 e. The average Bonchev–Trinajstić information content (AvgIpc) is 1.50. The molecule has 4 nitrogen and oxygen atoms in total. The van der Waals surface area contributed by atoms with E-state index in [9.17, 15) is 0 Å². The first kappa shape index (κ1) is 24.8. The normalized spacial score (nSPS) is 9.36. The third-order valence-electron chi connectivity index (χ3n) is 0. The maximum atomic E-state index is 8.88. The van der Waals surface area contributed by atoms with Gasteiger partial charge in [-0.25, -0.2) is 4.57 Å². The molecule has 0 bridgehead atoms. The Morgan fingerprint density at radius 3 is 0.786 bits per heavy atom. The van der Waals surface area contributed by atoms with Crippen LogP contribution in [0.5, 0.6) is 0 Å². The number of hydrogen-bond donors (Lipinski definition) is 3. The average molecular weight is 350 g/mol. The molecule has 0 spiro atoms. The van der Waals surface area contributed by atoms with Crippen LogP contribution in [0.1, 0.15) is 41.5 Å². The molecule has 0 aromatic rings. The Morgan fingerprint density at radius 2 is 0.786 bits per heavy atom. The fourth-order valence-corrected chi connectivity index (χ4v) is 0. The Hall–Kier alpha value is 1.68. The molecule has 0 unspecified atom stereocenters. The summed E-state index contributed by atoms with van der Waals surface area (Å²) in [4.78, 5) is 21.6. The second-order valence-corrected chi connectivity index (χ2v) is 4.54. The van der Waals surface area contributed by atoms with Gasteiger partial charge in [-0.3, -0.25) is 0 Å². The van der Waals surface area contributed by atoms with E-state index < -0.39 is 7.82 Å². The number of phosphoric acid groups is 1. The molecule has 0 aromatic heterocycles. The zero-order valence-corrected chi connectivity index (χ0v) is 15.2. The van der Waals surface area contributed by atoms with Gasteiger partial charge in [-0.05, 0) is 0 Å². The summed E-state index contributed by atoms with van der Waals surface area (Å²) < 4.78 is 8.88. The van der Waals surface area contributed by atoms with Crippen molar-refractivity contribution in [1.82, 2.24) is 0 Å². The molecule has 14 heavy (non-hydrogen) atoms. The van der Waals surface area contributed by atoms with E-state index in [0.29, 0.717) is 0 Å². The molecule has 84 valence electrons. The van der Waals surface area contributed by atoms with Gasteiger partial charge < -0.3 is 26.5 Å².